The Hall–Kier alpha value is -1.12. The molecule has 0 saturated carbocycles. The summed E-state index contributed by atoms with van der Waals surface area (Å²) in [6.07, 6.45) is 4.29. The minimum Gasteiger partial charge on any atom is -0.378 e. The predicted molar refractivity (Wildman–Crippen MR) is 58.1 cm³/mol. The van der Waals surface area contributed by atoms with Crippen LogP contribution in [0.3, 0.4) is 0 Å². The number of hydrogen-bond donors (Lipinski definition) is 1. The molecule has 0 bridgehead atoms. The van der Waals surface area contributed by atoms with E-state index >= 15 is 0 Å². The molecule has 0 aliphatic carbocycles. The summed E-state index contributed by atoms with van der Waals surface area (Å²) in [6.45, 7) is 2.56. The largest absolute Gasteiger partial charge is 0.378 e. The lowest BCUT2D eigenvalue weighted by molar-refractivity contribution is 0.0903. The molecule has 1 aliphatic heterocycles. The Morgan fingerprint density at radius 2 is 2.14 bits per heavy atom. The summed E-state index contributed by atoms with van der Waals surface area (Å²) >= 11 is 0. The van der Waals surface area contributed by atoms with Crippen molar-refractivity contribution in [3.05, 3.63) is 42.0 Å². The number of hydrogen-bond acceptors (Lipinski definition) is 2. The highest BCUT2D eigenvalue weighted by Crippen LogP contribution is 2.03. The molecule has 74 valence electrons. The van der Waals surface area contributed by atoms with Crippen LogP contribution < -0.4 is 5.32 Å². The summed E-state index contributed by atoms with van der Waals surface area (Å²) < 4.78 is 5.36. The van der Waals surface area contributed by atoms with Crippen molar-refractivity contribution in [3.63, 3.8) is 0 Å². The fourth-order valence-corrected chi connectivity index (χ4v) is 1.50. The van der Waals surface area contributed by atoms with Crippen LogP contribution in [-0.2, 0) is 4.74 Å². The van der Waals surface area contributed by atoms with Gasteiger partial charge in [-0.1, -0.05) is 42.5 Å². The molecule has 1 N–H and O–H groups in total. The third-order valence-electron chi connectivity index (χ3n) is 2.27. The van der Waals surface area contributed by atoms with Gasteiger partial charge in [0.15, 0.2) is 0 Å². The van der Waals surface area contributed by atoms with Crippen molar-refractivity contribution >= 4 is 6.08 Å². The van der Waals surface area contributed by atoms with E-state index in [9.17, 15) is 0 Å². The minimum absolute atomic E-state index is 0.365. The Morgan fingerprint density at radius 3 is 2.86 bits per heavy atom. The van der Waals surface area contributed by atoms with E-state index in [-0.39, 0.29) is 0 Å². The average molecular weight is 189 g/mol. The van der Waals surface area contributed by atoms with Crippen molar-refractivity contribution in [2.24, 2.45) is 0 Å². The first-order valence-corrected chi connectivity index (χ1v) is 4.99. The lowest BCUT2D eigenvalue weighted by atomic mass is 10.1. The first kappa shape index (κ1) is 9.44. The lowest BCUT2D eigenvalue weighted by Crippen LogP contribution is -2.39. The molecular weight excluding hydrogens is 174 g/mol. The van der Waals surface area contributed by atoms with Crippen LogP contribution in [0.4, 0.5) is 0 Å². The maximum atomic E-state index is 5.36. The Kier molecular flexibility index (Phi) is 3.33. The minimum atomic E-state index is 0.365. The molecule has 1 aromatic carbocycles. The van der Waals surface area contributed by atoms with Crippen molar-refractivity contribution < 1.29 is 4.74 Å². The predicted octanol–water partition coefficient (Wildman–Crippen LogP) is 1.69. The summed E-state index contributed by atoms with van der Waals surface area (Å²) in [5.41, 5.74) is 1.24. The monoisotopic (exact) mass is 189 g/mol. The van der Waals surface area contributed by atoms with Crippen molar-refractivity contribution in [1.82, 2.24) is 5.32 Å². The van der Waals surface area contributed by atoms with Crippen LogP contribution in [0.5, 0.6) is 0 Å². The zero-order valence-corrected chi connectivity index (χ0v) is 8.15. The topological polar surface area (TPSA) is 21.3 Å². The van der Waals surface area contributed by atoms with Gasteiger partial charge in [-0.3, -0.25) is 0 Å². The zero-order chi connectivity index (χ0) is 9.64. The molecular formula is C12H15NO. The quantitative estimate of drug-likeness (QED) is 0.764. The first-order chi connectivity index (χ1) is 6.95. The standard InChI is InChI=1S/C12H15NO/c1-2-4-11(5-3-1)6-7-12-10-14-9-8-13-12/h1-7,12-13H,8-10H2. The molecule has 0 aromatic heterocycles. The summed E-state index contributed by atoms with van der Waals surface area (Å²) in [4.78, 5) is 0. The Balaban J connectivity index is 1.93. The third-order valence-corrected chi connectivity index (χ3v) is 2.27. The van der Waals surface area contributed by atoms with E-state index in [4.69, 9.17) is 4.74 Å². The summed E-state index contributed by atoms with van der Waals surface area (Å²) in [5, 5.41) is 3.38. The van der Waals surface area contributed by atoms with Gasteiger partial charge in [0, 0.05) is 12.6 Å². The van der Waals surface area contributed by atoms with Gasteiger partial charge in [-0.15, -0.1) is 0 Å². The summed E-state index contributed by atoms with van der Waals surface area (Å²) in [6, 6.07) is 10.7. The molecule has 0 radical (unpaired) electrons. The molecule has 1 heterocycles. The number of benzene rings is 1. The molecule has 2 nitrogen and oxygen atoms in total. The fraction of sp³-hybridized carbons (Fsp3) is 0.333. The van der Waals surface area contributed by atoms with Crippen LogP contribution in [0.2, 0.25) is 0 Å². The van der Waals surface area contributed by atoms with Gasteiger partial charge < -0.3 is 10.1 Å². The van der Waals surface area contributed by atoms with Gasteiger partial charge in [-0.2, -0.15) is 0 Å². The van der Waals surface area contributed by atoms with Gasteiger partial charge in [-0.05, 0) is 5.56 Å². The SMILES string of the molecule is C(=CC1COCCN1)c1ccccc1. The van der Waals surface area contributed by atoms with Crippen molar-refractivity contribution in [1.29, 1.82) is 0 Å². The van der Waals surface area contributed by atoms with Gasteiger partial charge in [0.25, 0.3) is 0 Å². The van der Waals surface area contributed by atoms with E-state index in [1.165, 1.54) is 5.56 Å². The zero-order valence-electron chi connectivity index (χ0n) is 8.15. The highest BCUT2D eigenvalue weighted by atomic mass is 16.5. The Morgan fingerprint density at radius 1 is 1.29 bits per heavy atom. The van der Waals surface area contributed by atoms with E-state index < -0.39 is 0 Å². The third kappa shape index (κ3) is 2.69. The maximum absolute atomic E-state index is 5.36. The van der Waals surface area contributed by atoms with Crippen LogP contribution in [0.15, 0.2) is 36.4 Å². The van der Waals surface area contributed by atoms with Gasteiger partial charge in [0.05, 0.1) is 13.2 Å². The molecule has 2 heteroatoms. The van der Waals surface area contributed by atoms with E-state index in [0.29, 0.717) is 6.04 Å². The molecule has 14 heavy (non-hydrogen) atoms. The summed E-state index contributed by atoms with van der Waals surface area (Å²) in [7, 11) is 0. The van der Waals surface area contributed by atoms with Crippen LogP contribution in [0.1, 0.15) is 5.56 Å². The molecule has 1 fully saturated rings. The van der Waals surface area contributed by atoms with E-state index in [0.717, 1.165) is 19.8 Å². The van der Waals surface area contributed by atoms with Gasteiger partial charge in [-0.25, -0.2) is 0 Å². The van der Waals surface area contributed by atoms with Gasteiger partial charge >= 0.3 is 0 Å². The molecule has 0 spiro atoms. The second-order valence-electron chi connectivity index (χ2n) is 3.41. The fourth-order valence-electron chi connectivity index (χ4n) is 1.50. The van der Waals surface area contributed by atoms with E-state index in [2.05, 4.69) is 29.6 Å². The van der Waals surface area contributed by atoms with Crippen LogP contribution in [0.25, 0.3) is 6.08 Å². The average Bonchev–Trinajstić information content (AvgIpc) is 2.29. The Bertz CT molecular complexity index is 288. The molecule has 0 amide bonds. The highest BCUT2D eigenvalue weighted by Gasteiger charge is 2.08. The molecule has 1 atom stereocenters. The molecule has 2 rings (SSSR count). The summed E-state index contributed by atoms with van der Waals surface area (Å²) in [5.74, 6) is 0. The van der Waals surface area contributed by atoms with Gasteiger partial charge in [0.1, 0.15) is 0 Å². The van der Waals surface area contributed by atoms with E-state index in [1.54, 1.807) is 0 Å². The second-order valence-corrected chi connectivity index (χ2v) is 3.41. The van der Waals surface area contributed by atoms with Crippen LogP contribution in [-0.4, -0.2) is 25.8 Å². The number of ether oxygens (including phenoxy) is 1. The smallest absolute Gasteiger partial charge is 0.0656 e. The molecule has 1 unspecified atom stereocenters. The van der Waals surface area contributed by atoms with Crippen molar-refractivity contribution in [2.75, 3.05) is 19.8 Å². The van der Waals surface area contributed by atoms with Gasteiger partial charge in [0.2, 0.25) is 0 Å². The lowest BCUT2D eigenvalue weighted by Gasteiger charge is -2.20. The Labute approximate surface area is 84.6 Å². The molecule has 1 aliphatic rings. The molecule has 1 saturated heterocycles. The maximum Gasteiger partial charge on any atom is 0.0656 e. The number of morpholine rings is 1. The molecule has 1 aromatic rings. The van der Waals surface area contributed by atoms with Crippen molar-refractivity contribution in [2.45, 2.75) is 6.04 Å². The number of nitrogens with one attached hydrogen (secondary N) is 1. The van der Waals surface area contributed by atoms with Crippen LogP contribution in [0, 0.1) is 0 Å². The van der Waals surface area contributed by atoms with E-state index in [1.807, 2.05) is 18.2 Å². The number of rotatable bonds is 2. The normalized spacial score (nSPS) is 22.7. The van der Waals surface area contributed by atoms with Crippen LogP contribution >= 0.6 is 0 Å². The second kappa shape index (κ2) is 4.94. The van der Waals surface area contributed by atoms with Crippen molar-refractivity contribution in [3.8, 4) is 0 Å². The first-order valence-electron chi connectivity index (χ1n) is 4.99. The highest BCUT2D eigenvalue weighted by molar-refractivity contribution is 5.49.